The van der Waals surface area contributed by atoms with Gasteiger partial charge in [0, 0.05) is 13.1 Å². The average Bonchev–Trinajstić information content (AvgIpc) is 2.91. The zero-order valence-electron chi connectivity index (χ0n) is 11.0. The molecule has 6 heteroatoms. The minimum Gasteiger partial charge on any atom is -0.207 e. The Kier molecular flexibility index (Phi) is 3.46. The summed E-state index contributed by atoms with van der Waals surface area (Å²) in [4.78, 5) is 0.0379. The SMILES string of the molecule is N#Cc1ccc(S(=O)(=O)N2Cc3ccccc3C2)c(Cl)c1. The third kappa shape index (κ3) is 2.42. The van der Waals surface area contributed by atoms with Gasteiger partial charge in [0.1, 0.15) is 4.90 Å². The molecule has 0 amide bonds. The lowest BCUT2D eigenvalue weighted by Gasteiger charge is -2.16. The number of rotatable bonds is 2. The molecule has 4 nitrogen and oxygen atoms in total. The summed E-state index contributed by atoms with van der Waals surface area (Å²) in [5.74, 6) is 0. The average molecular weight is 319 g/mol. The van der Waals surface area contributed by atoms with Crippen LogP contribution >= 0.6 is 11.6 Å². The summed E-state index contributed by atoms with van der Waals surface area (Å²) in [6.45, 7) is 0.684. The van der Waals surface area contributed by atoms with Crippen molar-refractivity contribution >= 4 is 21.6 Å². The van der Waals surface area contributed by atoms with Gasteiger partial charge in [-0.1, -0.05) is 35.9 Å². The summed E-state index contributed by atoms with van der Waals surface area (Å²) in [6.07, 6.45) is 0. The predicted octanol–water partition coefficient (Wildman–Crippen LogP) is 2.92. The Hall–Kier alpha value is -1.87. The van der Waals surface area contributed by atoms with Gasteiger partial charge < -0.3 is 0 Å². The number of sulfonamides is 1. The second-order valence-electron chi connectivity index (χ2n) is 4.80. The monoisotopic (exact) mass is 318 g/mol. The van der Waals surface area contributed by atoms with Crippen molar-refractivity contribution < 1.29 is 8.42 Å². The van der Waals surface area contributed by atoms with E-state index in [9.17, 15) is 8.42 Å². The van der Waals surface area contributed by atoms with Crippen LogP contribution in [0.4, 0.5) is 0 Å². The number of nitriles is 1. The number of hydrogen-bond donors (Lipinski definition) is 0. The van der Waals surface area contributed by atoms with Crippen LogP contribution in [0.15, 0.2) is 47.4 Å². The van der Waals surface area contributed by atoms with Gasteiger partial charge in [-0.25, -0.2) is 8.42 Å². The second-order valence-corrected chi connectivity index (χ2v) is 7.11. The van der Waals surface area contributed by atoms with Gasteiger partial charge in [0.25, 0.3) is 0 Å². The van der Waals surface area contributed by atoms with E-state index >= 15 is 0 Å². The van der Waals surface area contributed by atoms with Gasteiger partial charge in [-0.3, -0.25) is 0 Å². The zero-order valence-corrected chi connectivity index (χ0v) is 12.5. The molecule has 0 bridgehead atoms. The van der Waals surface area contributed by atoms with Crippen molar-refractivity contribution in [3.8, 4) is 6.07 Å². The minimum absolute atomic E-state index is 0.0379. The van der Waals surface area contributed by atoms with E-state index in [2.05, 4.69) is 0 Å². The number of hydrogen-bond acceptors (Lipinski definition) is 3. The van der Waals surface area contributed by atoms with Crippen molar-refractivity contribution in [2.45, 2.75) is 18.0 Å². The van der Waals surface area contributed by atoms with Crippen LogP contribution in [0.1, 0.15) is 16.7 Å². The van der Waals surface area contributed by atoms with Crippen LogP contribution in [0.2, 0.25) is 5.02 Å². The highest BCUT2D eigenvalue weighted by Crippen LogP contribution is 2.31. The molecule has 0 unspecified atom stereocenters. The van der Waals surface area contributed by atoms with Crippen LogP contribution in [0.5, 0.6) is 0 Å². The van der Waals surface area contributed by atoms with Gasteiger partial charge in [0.05, 0.1) is 16.7 Å². The molecule has 0 saturated heterocycles. The molecular weight excluding hydrogens is 308 g/mol. The molecule has 0 atom stereocenters. The van der Waals surface area contributed by atoms with E-state index in [1.54, 1.807) is 0 Å². The maximum atomic E-state index is 12.7. The lowest BCUT2D eigenvalue weighted by atomic mass is 10.1. The fraction of sp³-hybridized carbons (Fsp3) is 0.133. The molecule has 0 N–H and O–H groups in total. The van der Waals surface area contributed by atoms with Gasteiger partial charge in [-0.15, -0.1) is 0 Å². The summed E-state index contributed by atoms with van der Waals surface area (Å²) >= 11 is 6.03. The highest BCUT2D eigenvalue weighted by Gasteiger charge is 2.31. The molecule has 0 aromatic heterocycles. The van der Waals surface area contributed by atoms with E-state index in [4.69, 9.17) is 16.9 Å². The third-order valence-corrected chi connectivity index (χ3v) is 5.77. The van der Waals surface area contributed by atoms with Gasteiger partial charge in [-0.2, -0.15) is 9.57 Å². The van der Waals surface area contributed by atoms with Gasteiger partial charge >= 0.3 is 0 Å². The summed E-state index contributed by atoms with van der Waals surface area (Å²) < 4.78 is 26.8. The Balaban J connectivity index is 1.98. The molecule has 3 rings (SSSR count). The molecule has 2 aromatic carbocycles. The predicted molar refractivity (Wildman–Crippen MR) is 79.0 cm³/mol. The molecule has 0 spiro atoms. The topological polar surface area (TPSA) is 61.2 Å². The molecule has 0 fully saturated rings. The van der Waals surface area contributed by atoms with Crippen molar-refractivity contribution in [1.29, 1.82) is 5.26 Å². The van der Waals surface area contributed by atoms with Crippen LogP contribution in [-0.2, 0) is 23.1 Å². The zero-order chi connectivity index (χ0) is 15.0. The molecular formula is C15H11ClN2O2S. The number of halogens is 1. The number of benzene rings is 2. The highest BCUT2D eigenvalue weighted by atomic mass is 35.5. The molecule has 1 heterocycles. The first-order valence-corrected chi connectivity index (χ1v) is 8.11. The lowest BCUT2D eigenvalue weighted by Crippen LogP contribution is -2.25. The van der Waals surface area contributed by atoms with Crippen molar-refractivity contribution in [1.82, 2.24) is 4.31 Å². The molecule has 0 radical (unpaired) electrons. The van der Waals surface area contributed by atoms with Gasteiger partial charge in [0.2, 0.25) is 10.0 Å². The first-order valence-electron chi connectivity index (χ1n) is 6.29. The molecule has 0 aliphatic carbocycles. The normalized spacial score (nSPS) is 14.7. The van der Waals surface area contributed by atoms with Crippen LogP contribution in [0.25, 0.3) is 0 Å². The summed E-state index contributed by atoms with van der Waals surface area (Å²) in [5, 5.41) is 8.89. The van der Waals surface area contributed by atoms with Gasteiger partial charge in [-0.05, 0) is 29.3 Å². The highest BCUT2D eigenvalue weighted by molar-refractivity contribution is 7.89. The maximum Gasteiger partial charge on any atom is 0.245 e. The first-order chi connectivity index (χ1) is 10.0. The van der Waals surface area contributed by atoms with Crippen molar-refractivity contribution in [3.63, 3.8) is 0 Å². The Bertz CT molecular complexity index is 831. The largest absolute Gasteiger partial charge is 0.245 e. The summed E-state index contributed by atoms with van der Waals surface area (Å²) in [6, 6.07) is 13.8. The van der Waals surface area contributed by atoms with E-state index in [1.165, 1.54) is 22.5 Å². The molecule has 1 aliphatic heterocycles. The fourth-order valence-electron chi connectivity index (χ4n) is 2.39. The molecule has 21 heavy (non-hydrogen) atoms. The quantitative estimate of drug-likeness (QED) is 0.855. The van der Waals surface area contributed by atoms with Crippen molar-refractivity contribution in [2.24, 2.45) is 0 Å². The Morgan fingerprint density at radius 2 is 1.71 bits per heavy atom. The third-order valence-electron chi connectivity index (χ3n) is 3.49. The maximum absolute atomic E-state index is 12.7. The standard InChI is InChI=1S/C15H11ClN2O2S/c16-14-7-11(8-17)5-6-15(14)21(19,20)18-9-12-3-1-2-4-13(12)10-18/h1-7H,9-10H2. The number of nitrogens with zero attached hydrogens (tertiary/aromatic N) is 2. The summed E-state index contributed by atoms with van der Waals surface area (Å²) in [7, 11) is -3.67. The van der Waals surface area contributed by atoms with Crippen molar-refractivity contribution in [3.05, 3.63) is 64.2 Å². The van der Waals surface area contributed by atoms with E-state index in [-0.39, 0.29) is 9.92 Å². The number of fused-ring (bicyclic) bond motifs is 1. The van der Waals surface area contributed by atoms with E-state index in [0.717, 1.165) is 11.1 Å². The Morgan fingerprint density at radius 1 is 1.10 bits per heavy atom. The van der Waals surface area contributed by atoms with Crippen molar-refractivity contribution in [2.75, 3.05) is 0 Å². The van der Waals surface area contributed by atoms with E-state index in [1.807, 2.05) is 30.3 Å². The molecule has 106 valence electrons. The Morgan fingerprint density at radius 3 is 2.24 bits per heavy atom. The van der Waals surface area contributed by atoms with Gasteiger partial charge in [0.15, 0.2) is 0 Å². The lowest BCUT2D eigenvalue weighted by molar-refractivity contribution is 0.431. The fourth-order valence-corrected chi connectivity index (χ4v) is 4.31. The van der Waals surface area contributed by atoms with Crippen LogP contribution in [-0.4, -0.2) is 12.7 Å². The summed E-state index contributed by atoms with van der Waals surface area (Å²) in [5.41, 5.74) is 2.35. The second kappa shape index (κ2) is 5.15. The van der Waals surface area contributed by atoms with Crippen LogP contribution in [0, 0.1) is 11.3 Å². The van der Waals surface area contributed by atoms with Crippen LogP contribution in [0.3, 0.4) is 0 Å². The van der Waals surface area contributed by atoms with Crippen LogP contribution < -0.4 is 0 Å². The molecule has 2 aromatic rings. The minimum atomic E-state index is -3.67. The van der Waals surface area contributed by atoms with E-state index in [0.29, 0.717) is 18.7 Å². The smallest absolute Gasteiger partial charge is 0.207 e. The Labute approximate surface area is 128 Å². The molecule has 0 saturated carbocycles. The van der Waals surface area contributed by atoms with E-state index < -0.39 is 10.0 Å². The first kappa shape index (κ1) is 14.1. The molecule has 1 aliphatic rings.